The number of hydrogen-bond donors (Lipinski definition) is 2. The quantitative estimate of drug-likeness (QED) is 0.448. The van der Waals surface area contributed by atoms with Crippen LogP contribution in [0, 0.1) is 11.8 Å². The fourth-order valence-electron chi connectivity index (χ4n) is 4.20. The maximum atomic E-state index is 12.6. The van der Waals surface area contributed by atoms with E-state index in [-0.39, 0.29) is 12.2 Å². The minimum atomic E-state index is -1.56. The molecule has 2 saturated carbocycles. The number of carbonyl (C=O) groups excluding carboxylic acids is 2. The lowest BCUT2D eigenvalue weighted by atomic mass is 9.88. The first-order valence-corrected chi connectivity index (χ1v) is 10.8. The Hall–Kier alpha value is -2.38. The van der Waals surface area contributed by atoms with Crippen molar-refractivity contribution in [2.45, 2.75) is 90.3 Å². The number of carboxylic acids is 2. The number of aliphatic carboxylic acids is 2. The van der Waals surface area contributed by atoms with Crippen LogP contribution in [0.3, 0.4) is 0 Å². The summed E-state index contributed by atoms with van der Waals surface area (Å²) in [5, 5.41) is 19.4. The molecule has 2 rings (SSSR count). The monoisotopic (exact) mass is 424 g/mol. The average molecular weight is 424 g/mol. The molecule has 0 spiro atoms. The largest absolute Gasteiger partial charge is 0.478 e. The van der Waals surface area contributed by atoms with Crippen LogP contribution >= 0.6 is 0 Å². The van der Waals surface area contributed by atoms with E-state index in [1.165, 1.54) is 13.8 Å². The summed E-state index contributed by atoms with van der Waals surface area (Å²) in [5.74, 6) is -7.33. The first-order valence-electron chi connectivity index (χ1n) is 10.8. The minimum Gasteiger partial charge on any atom is -0.478 e. The third kappa shape index (κ3) is 6.31. The lowest BCUT2D eigenvalue weighted by Crippen LogP contribution is -2.33. The first-order chi connectivity index (χ1) is 14.2. The van der Waals surface area contributed by atoms with Gasteiger partial charge in [-0.05, 0) is 65.2 Å². The molecular weight excluding hydrogens is 392 g/mol. The van der Waals surface area contributed by atoms with Gasteiger partial charge in [-0.25, -0.2) is 9.59 Å². The van der Waals surface area contributed by atoms with Crippen LogP contribution in [0.4, 0.5) is 0 Å². The molecule has 2 atom stereocenters. The zero-order valence-corrected chi connectivity index (χ0v) is 17.7. The molecule has 2 unspecified atom stereocenters. The molecule has 0 radical (unpaired) electrons. The van der Waals surface area contributed by atoms with E-state index in [0.29, 0.717) is 25.7 Å². The van der Waals surface area contributed by atoms with Crippen LogP contribution in [0.15, 0.2) is 11.1 Å². The Morgan fingerprint density at radius 1 is 0.633 bits per heavy atom. The van der Waals surface area contributed by atoms with E-state index >= 15 is 0 Å². The van der Waals surface area contributed by atoms with Crippen molar-refractivity contribution in [2.24, 2.45) is 11.8 Å². The maximum Gasteiger partial charge on any atom is 0.333 e. The summed E-state index contributed by atoms with van der Waals surface area (Å²) in [6, 6.07) is 0. The third-order valence-electron chi connectivity index (χ3n) is 5.99. The highest BCUT2D eigenvalue weighted by Gasteiger charge is 2.37. The van der Waals surface area contributed by atoms with Gasteiger partial charge in [-0.2, -0.15) is 0 Å². The summed E-state index contributed by atoms with van der Waals surface area (Å²) in [4.78, 5) is 49.0. The van der Waals surface area contributed by atoms with Crippen molar-refractivity contribution in [1.29, 1.82) is 0 Å². The Morgan fingerprint density at radius 2 is 0.933 bits per heavy atom. The van der Waals surface area contributed by atoms with Crippen molar-refractivity contribution in [2.75, 3.05) is 0 Å². The van der Waals surface area contributed by atoms with E-state index in [1.54, 1.807) is 0 Å². The van der Waals surface area contributed by atoms with E-state index in [4.69, 9.17) is 9.47 Å². The molecule has 30 heavy (non-hydrogen) atoms. The van der Waals surface area contributed by atoms with E-state index < -0.39 is 46.9 Å². The van der Waals surface area contributed by atoms with E-state index in [1.807, 2.05) is 0 Å². The number of hydrogen-bond acceptors (Lipinski definition) is 6. The molecule has 2 aliphatic rings. The van der Waals surface area contributed by atoms with Crippen molar-refractivity contribution in [3.8, 4) is 0 Å². The van der Waals surface area contributed by atoms with Crippen LogP contribution in [0.1, 0.15) is 78.1 Å². The van der Waals surface area contributed by atoms with Gasteiger partial charge in [0, 0.05) is 0 Å². The summed E-state index contributed by atoms with van der Waals surface area (Å²) in [6.07, 6.45) is 8.10. The lowest BCUT2D eigenvalue weighted by Gasteiger charge is -2.26. The van der Waals surface area contributed by atoms with E-state index in [2.05, 4.69) is 0 Å². The molecule has 0 saturated heterocycles. The topological polar surface area (TPSA) is 127 Å². The lowest BCUT2D eigenvalue weighted by molar-refractivity contribution is -0.157. The van der Waals surface area contributed by atoms with Crippen molar-refractivity contribution < 1.29 is 38.9 Å². The molecule has 8 nitrogen and oxygen atoms in total. The predicted molar refractivity (Wildman–Crippen MR) is 107 cm³/mol. The Balaban J connectivity index is 2.22. The van der Waals surface area contributed by atoms with Gasteiger partial charge < -0.3 is 19.7 Å². The highest BCUT2D eigenvalue weighted by Crippen LogP contribution is 2.28. The van der Waals surface area contributed by atoms with E-state index in [9.17, 15) is 29.4 Å². The summed E-state index contributed by atoms with van der Waals surface area (Å²) >= 11 is 0. The molecule has 0 aromatic carbocycles. The Labute approximate surface area is 176 Å². The van der Waals surface area contributed by atoms with Gasteiger partial charge in [0.05, 0.1) is 23.0 Å². The molecule has 0 aromatic rings. The first kappa shape index (κ1) is 23.9. The second-order valence-corrected chi connectivity index (χ2v) is 8.27. The number of carbonyl (C=O) groups is 4. The summed E-state index contributed by atoms with van der Waals surface area (Å²) in [6.45, 7) is 2.60. The third-order valence-corrected chi connectivity index (χ3v) is 5.99. The fourth-order valence-corrected chi connectivity index (χ4v) is 4.20. The molecule has 0 bridgehead atoms. The van der Waals surface area contributed by atoms with Crippen molar-refractivity contribution >= 4 is 23.9 Å². The second kappa shape index (κ2) is 11.1. The standard InChI is InChI=1S/C22H32O8/c1-13(21(27)29-15-9-5-3-6-10-15)17(19(23)24)18(20(25)26)14(2)22(28)30-16-11-7-4-8-12-16/h13-16H,3-12H2,1-2H3,(H,23,24)(H,25,26). The van der Waals surface area contributed by atoms with Gasteiger partial charge >= 0.3 is 23.9 Å². The number of rotatable bonds is 8. The Kier molecular flexibility index (Phi) is 8.87. The van der Waals surface area contributed by atoms with Gasteiger partial charge in [0.15, 0.2) is 0 Å². The van der Waals surface area contributed by atoms with Gasteiger partial charge in [-0.15, -0.1) is 0 Å². The molecular formula is C22H32O8. The smallest absolute Gasteiger partial charge is 0.333 e. The zero-order chi connectivity index (χ0) is 22.3. The van der Waals surface area contributed by atoms with Crippen LogP contribution in [0.2, 0.25) is 0 Å². The van der Waals surface area contributed by atoms with Crippen LogP contribution in [0.5, 0.6) is 0 Å². The van der Waals surface area contributed by atoms with Crippen molar-refractivity contribution in [3.05, 3.63) is 11.1 Å². The molecule has 8 heteroatoms. The summed E-state index contributed by atoms with van der Waals surface area (Å²) in [7, 11) is 0. The van der Waals surface area contributed by atoms with Gasteiger partial charge in [-0.3, -0.25) is 9.59 Å². The highest BCUT2D eigenvalue weighted by molar-refractivity contribution is 6.05. The summed E-state index contributed by atoms with van der Waals surface area (Å²) in [5.41, 5.74) is -1.26. The van der Waals surface area contributed by atoms with Crippen LogP contribution in [-0.4, -0.2) is 46.3 Å². The molecule has 2 aliphatic carbocycles. The van der Waals surface area contributed by atoms with Gasteiger partial charge in [0.1, 0.15) is 12.2 Å². The molecule has 0 amide bonds. The normalized spacial score (nSPS) is 21.1. The highest BCUT2D eigenvalue weighted by atomic mass is 16.5. The molecule has 2 N–H and O–H groups in total. The number of esters is 2. The summed E-state index contributed by atoms with van der Waals surface area (Å²) < 4.78 is 10.9. The molecule has 0 heterocycles. The van der Waals surface area contributed by atoms with Gasteiger partial charge in [0.2, 0.25) is 0 Å². The minimum absolute atomic E-state index is 0.286. The molecule has 2 fully saturated rings. The fraction of sp³-hybridized carbons (Fsp3) is 0.727. The van der Waals surface area contributed by atoms with Crippen LogP contribution in [0.25, 0.3) is 0 Å². The SMILES string of the molecule is CC(C(=O)OC1CCCCC1)C(C(=O)O)=C(C(=O)O)C(C)C(=O)OC1CCCCC1. The van der Waals surface area contributed by atoms with E-state index in [0.717, 1.165) is 38.5 Å². The van der Waals surface area contributed by atoms with Crippen LogP contribution in [-0.2, 0) is 28.7 Å². The maximum absolute atomic E-state index is 12.6. The number of ether oxygens (including phenoxy) is 2. The zero-order valence-electron chi connectivity index (χ0n) is 17.7. The predicted octanol–water partition coefficient (Wildman–Crippen LogP) is 3.48. The average Bonchev–Trinajstić information content (AvgIpc) is 2.71. The van der Waals surface area contributed by atoms with Gasteiger partial charge in [0.25, 0.3) is 0 Å². The van der Waals surface area contributed by atoms with Crippen LogP contribution < -0.4 is 0 Å². The second-order valence-electron chi connectivity index (χ2n) is 8.27. The van der Waals surface area contributed by atoms with Gasteiger partial charge in [-0.1, -0.05) is 12.8 Å². The Morgan fingerprint density at radius 3 is 1.20 bits per heavy atom. The van der Waals surface area contributed by atoms with Crippen molar-refractivity contribution in [3.63, 3.8) is 0 Å². The molecule has 168 valence electrons. The Bertz CT molecular complexity index is 625. The number of carboxylic acid groups (broad SMARTS) is 2. The molecule has 0 aromatic heterocycles. The van der Waals surface area contributed by atoms with Crippen molar-refractivity contribution in [1.82, 2.24) is 0 Å². The molecule has 0 aliphatic heterocycles.